The van der Waals surface area contributed by atoms with Gasteiger partial charge in [0.15, 0.2) is 0 Å². The fourth-order valence-corrected chi connectivity index (χ4v) is 2.74. The van der Waals surface area contributed by atoms with Gasteiger partial charge in [-0.1, -0.05) is 60.7 Å². The lowest BCUT2D eigenvalue weighted by Gasteiger charge is -2.17. The molecule has 31 heavy (non-hydrogen) atoms. The molecule has 3 aromatic carbocycles. The van der Waals surface area contributed by atoms with Crippen LogP contribution in [0.25, 0.3) is 0 Å². The number of urea groups is 1. The molecule has 0 aromatic heterocycles. The van der Waals surface area contributed by atoms with Crippen LogP contribution in [0.3, 0.4) is 0 Å². The highest BCUT2D eigenvalue weighted by Crippen LogP contribution is 2.21. The maximum atomic E-state index is 12.6. The SMILES string of the molecule is CNC(=O)NC(=O)[C@@H](OC(=O)c1ccc(OCc2ccccc2)cc1)c1ccccc1. The van der Waals surface area contributed by atoms with E-state index < -0.39 is 24.0 Å². The van der Waals surface area contributed by atoms with Crippen LogP contribution in [0.15, 0.2) is 84.9 Å². The third-order valence-electron chi connectivity index (χ3n) is 4.37. The minimum absolute atomic E-state index is 0.251. The Hall–Kier alpha value is -4.13. The third-order valence-corrected chi connectivity index (χ3v) is 4.37. The molecule has 3 rings (SSSR count). The van der Waals surface area contributed by atoms with Gasteiger partial charge in [0, 0.05) is 12.6 Å². The summed E-state index contributed by atoms with van der Waals surface area (Å²) < 4.78 is 11.1. The van der Waals surface area contributed by atoms with E-state index in [0.717, 1.165) is 5.56 Å². The predicted molar refractivity (Wildman–Crippen MR) is 114 cm³/mol. The maximum absolute atomic E-state index is 12.6. The molecule has 0 spiro atoms. The third kappa shape index (κ3) is 6.17. The zero-order valence-electron chi connectivity index (χ0n) is 16.9. The Balaban J connectivity index is 1.68. The molecule has 0 fully saturated rings. The summed E-state index contributed by atoms with van der Waals surface area (Å²) in [4.78, 5) is 36.6. The van der Waals surface area contributed by atoms with Crippen LogP contribution in [-0.2, 0) is 16.1 Å². The first-order chi connectivity index (χ1) is 15.1. The van der Waals surface area contributed by atoms with Gasteiger partial charge in [-0.05, 0) is 29.8 Å². The van der Waals surface area contributed by atoms with Crippen molar-refractivity contribution >= 4 is 17.9 Å². The molecule has 7 nitrogen and oxygen atoms in total. The van der Waals surface area contributed by atoms with E-state index in [1.54, 1.807) is 54.6 Å². The zero-order chi connectivity index (χ0) is 22.1. The summed E-state index contributed by atoms with van der Waals surface area (Å²) in [6.45, 7) is 0.403. The topological polar surface area (TPSA) is 93.7 Å². The largest absolute Gasteiger partial charge is 0.489 e. The molecule has 0 saturated carbocycles. The van der Waals surface area contributed by atoms with Gasteiger partial charge in [-0.15, -0.1) is 0 Å². The number of benzene rings is 3. The maximum Gasteiger partial charge on any atom is 0.339 e. The van der Waals surface area contributed by atoms with Gasteiger partial charge in [-0.2, -0.15) is 0 Å². The first-order valence-corrected chi connectivity index (χ1v) is 9.62. The van der Waals surface area contributed by atoms with Crippen LogP contribution in [0.1, 0.15) is 27.6 Å². The Morgan fingerprint density at radius 1 is 0.839 bits per heavy atom. The van der Waals surface area contributed by atoms with E-state index in [-0.39, 0.29) is 5.56 Å². The molecule has 0 heterocycles. The Morgan fingerprint density at radius 3 is 2.06 bits per heavy atom. The number of nitrogens with one attached hydrogen (secondary N) is 2. The van der Waals surface area contributed by atoms with E-state index in [2.05, 4.69) is 10.6 Å². The summed E-state index contributed by atoms with van der Waals surface area (Å²) in [5, 5.41) is 4.43. The minimum Gasteiger partial charge on any atom is -0.489 e. The lowest BCUT2D eigenvalue weighted by atomic mass is 10.1. The summed E-state index contributed by atoms with van der Waals surface area (Å²) in [7, 11) is 1.38. The van der Waals surface area contributed by atoms with E-state index in [1.165, 1.54) is 7.05 Å². The van der Waals surface area contributed by atoms with E-state index >= 15 is 0 Å². The Bertz CT molecular complexity index is 1020. The number of hydrogen-bond acceptors (Lipinski definition) is 5. The predicted octanol–water partition coefficient (Wildman–Crippen LogP) is 3.62. The number of carbonyl (C=O) groups is 3. The van der Waals surface area contributed by atoms with Crippen molar-refractivity contribution in [2.45, 2.75) is 12.7 Å². The number of rotatable bonds is 7. The normalized spacial score (nSPS) is 11.1. The van der Waals surface area contributed by atoms with Gasteiger partial charge >= 0.3 is 12.0 Å². The second kappa shape index (κ2) is 10.6. The average Bonchev–Trinajstić information content (AvgIpc) is 2.82. The van der Waals surface area contributed by atoms with Crippen LogP contribution in [0.4, 0.5) is 4.79 Å². The fraction of sp³-hybridized carbons (Fsp3) is 0.125. The molecule has 0 saturated heterocycles. The van der Waals surface area contributed by atoms with Crippen molar-refractivity contribution in [3.8, 4) is 5.75 Å². The van der Waals surface area contributed by atoms with Gasteiger partial charge < -0.3 is 14.8 Å². The molecule has 2 N–H and O–H groups in total. The molecule has 0 radical (unpaired) electrons. The molecule has 158 valence electrons. The monoisotopic (exact) mass is 418 g/mol. The number of amides is 3. The lowest BCUT2D eigenvalue weighted by molar-refractivity contribution is -0.129. The van der Waals surface area contributed by atoms with Crippen LogP contribution in [0, 0.1) is 0 Å². The number of imide groups is 1. The quantitative estimate of drug-likeness (QED) is 0.572. The standard InChI is InChI=1S/C24H22N2O5/c1-25-24(29)26-22(27)21(18-10-6-3-7-11-18)31-23(28)19-12-14-20(15-13-19)30-16-17-8-4-2-5-9-17/h2-15,21H,16H2,1H3,(H2,25,26,27,29)/t21-/m0/s1. The molecule has 0 unspecified atom stereocenters. The van der Waals surface area contributed by atoms with Gasteiger partial charge in [0.05, 0.1) is 5.56 Å². The van der Waals surface area contributed by atoms with Crippen LogP contribution in [-0.4, -0.2) is 25.0 Å². The summed E-state index contributed by atoms with van der Waals surface area (Å²) in [5.74, 6) is -0.852. The molecule has 7 heteroatoms. The second-order valence-electron chi connectivity index (χ2n) is 6.56. The first kappa shape index (κ1) is 21.6. The highest BCUT2D eigenvalue weighted by Gasteiger charge is 2.26. The van der Waals surface area contributed by atoms with Crippen LogP contribution in [0.2, 0.25) is 0 Å². The van der Waals surface area contributed by atoms with E-state index in [1.807, 2.05) is 30.3 Å². The van der Waals surface area contributed by atoms with Crippen LogP contribution in [0.5, 0.6) is 5.75 Å². The van der Waals surface area contributed by atoms with E-state index in [4.69, 9.17) is 9.47 Å². The molecule has 0 aliphatic rings. The summed E-state index contributed by atoms with van der Waals surface area (Å²) in [6.07, 6.45) is -1.28. The fourth-order valence-electron chi connectivity index (χ4n) is 2.74. The van der Waals surface area contributed by atoms with Crippen LogP contribution >= 0.6 is 0 Å². The molecule has 3 aromatic rings. The second-order valence-corrected chi connectivity index (χ2v) is 6.56. The highest BCUT2D eigenvalue weighted by molar-refractivity contribution is 5.99. The van der Waals surface area contributed by atoms with Gasteiger partial charge in [0.1, 0.15) is 12.4 Å². The minimum atomic E-state index is -1.28. The van der Waals surface area contributed by atoms with Crippen molar-refractivity contribution in [3.63, 3.8) is 0 Å². The van der Waals surface area contributed by atoms with E-state index in [0.29, 0.717) is 17.9 Å². The van der Waals surface area contributed by atoms with Gasteiger partial charge in [-0.25, -0.2) is 9.59 Å². The summed E-state index contributed by atoms with van der Waals surface area (Å²) >= 11 is 0. The van der Waals surface area contributed by atoms with Crippen molar-refractivity contribution in [1.29, 1.82) is 0 Å². The lowest BCUT2D eigenvalue weighted by Crippen LogP contribution is -2.41. The summed E-state index contributed by atoms with van der Waals surface area (Å²) in [6, 6.07) is 23.9. The number of esters is 1. The molecule has 0 aliphatic heterocycles. The van der Waals surface area contributed by atoms with Crippen molar-refractivity contribution < 1.29 is 23.9 Å². The first-order valence-electron chi connectivity index (χ1n) is 9.62. The Morgan fingerprint density at radius 2 is 1.45 bits per heavy atom. The zero-order valence-corrected chi connectivity index (χ0v) is 16.9. The molecule has 0 aliphatic carbocycles. The van der Waals surface area contributed by atoms with Crippen molar-refractivity contribution in [3.05, 3.63) is 102 Å². The smallest absolute Gasteiger partial charge is 0.339 e. The number of ether oxygens (including phenoxy) is 2. The molecule has 1 atom stereocenters. The molecule has 0 bridgehead atoms. The number of carbonyl (C=O) groups excluding carboxylic acids is 3. The average molecular weight is 418 g/mol. The molecule has 3 amide bonds. The van der Waals surface area contributed by atoms with Gasteiger partial charge in [-0.3, -0.25) is 10.1 Å². The van der Waals surface area contributed by atoms with Crippen molar-refractivity contribution in [2.75, 3.05) is 7.05 Å². The molecular weight excluding hydrogens is 396 g/mol. The van der Waals surface area contributed by atoms with Crippen molar-refractivity contribution in [2.24, 2.45) is 0 Å². The summed E-state index contributed by atoms with van der Waals surface area (Å²) in [5.41, 5.74) is 1.72. The Kier molecular flexibility index (Phi) is 7.37. The van der Waals surface area contributed by atoms with Gasteiger partial charge in [0.2, 0.25) is 6.10 Å². The van der Waals surface area contributed by atoms with Gasteiger partial charge in [0.25, 0.3) is 5.91 Å². The number of hydrogen-bond donors (Lipinski definition) is 2. The van der Waals surface area contributed by atoms with Crippen LogP contribution < -0.4 is 15.4 Å². The highest BCUT2D eigenvalue weighted by atomic mass is 16.5. The van der Waals surface area contributed by atoms with Crippen molar-refractivity contribution in [1.82, 2.24) is 10.6 Å². The Labute approximate surface area is 180 Å². The molecular formula is C24H22N2O5. The van der Waals surface area contributed by atoms with E-state index in [9.17, 15) is 14.4 Å².